The van der Waals surface area contributed by atoms with E-state index in [2.05, 4.69) is 39.1 Å². The molecule has 0 saturated carbocycles. The standard InChI is InChI=1S/C21H14N4.C17H12N4.Ir/c1-3-9-16(10-4-1)24-15-25(17-11-5-2-6-12-17)21-20(24)22-18-13-7-8-14-19(18)23-21;1-3-7-14(8-4-1)20-13-21(15-9-5-2-6-10-15)17-16(20)18-11-12-19-17;/h1-11,13-15H;1-9,11-13H;/q2*-2;. The SMILES string of the molecule is [Ir].[c-]1ccccc1N1[CH-]N(c2ccccc2)c2nc3ccccc3nc21.[c-]1ccccc1N1[CH-]N(c2ccccc2)c2nccnc21. The van der Waals surface area contributed by atoms with Crippen LogP contribution in [0.25, 0.3) is 11.0 Å². The van der Waals surface area contributed by atoms with E-state index in [1.165, 1.54) is 0 Å². The molecule has 0 fully saturated rings. The molecule has 2 aliphatic heterocycles. The number of para-hydroxylation sites is 6. The maximum Gasteiger partial charge on any atom is 0.146 e. The molecule has 0 amide bonds. The monoisotopic (exact) mass is 787 g/mol. The summed E-state index contributed by atoms with van der Waals surface area (Å²) in [6.45, 7) is 4.01. The predicted octanol–water partition coefficient (Wildman–Crippen LogP) is 8.52. The fourth-order valence-corrected chi connectivity index (χ4v) is 5.39. The Balaban J connectivity index is 0.000000148. The zero-order chi connectivity index (χ0) is 30.7. The molecule has 0 saturated heterocycles. The summed E-state index contributed by atoms with van der Waals surface area (Å²) >= 11 is 0. The molecular weight excluding hydrogens is 761 g/mol. The van der Waals surface area contributed by atoms with Crippen molar-refractivity contribution in [3.8, 4) is 0 Å². The second-order valence-corrected chi connectivity index (χ2v) is 10.4. The van der Waals surface area contributed by atoms with E-state index in [1.54, 1.807) is 12.4 Å². The predicted molar refractivity (Wildman–Crippen MR) is 182 cm³/mol. The molecule has 0 unspecified atom stereocenters. The molecule has 0 aliphatic carbocycles. The molecule has 0 bridgehead atoms. The third-order valence-corrected chi connectivity index (χ3v) is 7.54. The van der Waals surface area contributed by atoms with Crippen molar-refractivity contribution in [2.24, 2.45) is 0 Å². The maximum absolute atomic E-state index is 4.87. The topological polar surface area (TPSA) is 64.5 Å². The van der Waals surface area contributed by atoms with Crippen LogP contribution in [0.3, 0.4) is 0 Å². The van der Waals surface area contributed by atoms with Gasteiger partial charge in [0.05, 0.1) is 11.0 Å². The summed E-state index contributed by atoms with van der Waals surface area (Å²) in [7, 11) is 0. The Morgan fingerprint density at radius 2 is 0.830 bits per heavy atom. The molecule has 9 heteroatoms. The normalized spacial score (nSPS) is 13.0. The Kier molecular flexibility index (Phi) is 8.56. The van der Waals surface area contributed by atoms with Crippen LogP contribution in [0.4, 0.5) is 46.0 Å². The van der Waals surface area contributed by atoms with Gasteiger partial charge in [0, 0.05) is 43.9 Å². The first-order valence-electron chi connectivity index (χ1n) is 14.8. The molecule has 0 atom stereocenters. The van der Waals surface area contributed by atoms with Crippen LogP contribution in [0.5, 0.6) is 0 Å². The number of aromatic nitrogens is 4. The van der Waals surface area contributed by atoms with Gasteiger partial charge in [-0.3, -0.25) is 0 Å². The smallest absolute Gasteiger partial charge is 0.146 e. The summed E-state index contributed by atoms with van der Waals surface area (Å²) in [5.41, 5.74) is 5.74. The molecule has 8 nitrogen and oxygen atoms in total. The minimum atomic E-state index is 0. The van der Waals surface area contributed by atoms with Gasteiger partial charge in [0.25, 0.3) is 0 Å². The van der Waals surface area contributed by atoms with Crippen molar-refractivity contribution >= 4 is 57.1 Å². The molecule has 4 heterocycles. The molecule has 5 aromatic carbocycles. The van der Waals surface area contributed by atoms with Crippen molar-refractivity contribution in [1.29, 1.82) is 0 Å². The van der Waals surface area contributed by atoms with Crippen LogP contribution in [0.1, 0.15) is 0 Å². The van der Waals surface area contributed by atoms with Crippen LogP contribution in [-0.2, 0) is 20.1 Å². The first kappa shape index (κ1) is 30.0. The third kappa shape index (κ3) is 5.90. The van der Waals surface area contributed by atoms with E-state index < -0.39 is 0 Å². The van der Waals surface area contributed by atoms with Gasteiger partial charge in [0.2, 0.25) is 0 Å². The van der Waals surface area contributed by atoms with Crippen LogP contribution < -0.4 is 19.6 Å². The van der Waals surface area contributed by atoms with Crippen LogP contribution >= 0.6 is 0 Å². The summed E-state index contributed by atoms with van der Waals surface area (Å²) in [5, 5.41) is 0. The summed E-state index contributed by atoms with van der Waals surface area (Å²) in [4.78, 5) is 26.8. The Labute approximate surface area is 287 Å². The maximum atomic E-state index is 4.87. The average molecular weight is 787 g/mol. The molecule has 0 spiro atoms. The molecule has 231 valence electrons. The van der Waals surface area contributed by atoms with Crippen molar-refractivity contribution < 1.29 is 20.1 Å². The Morgan fingerprint density at radius 3 is 1.32 bits per heavy atom. The number of nitrogens with zero attached hydrogens (tertiary/aromatic N) is 8. The zero-order valence-electron chi connectivity index (χ0n) is 24.9. The molecule has 9 rings (SSSR count). The fourth-order valence-electron chi connectivity index (χ4n) is 5.39. The van der Waals surface area contributed by atoms with Crippen molar-refractivity contribution in [2.45, 2.75) is 0 Å². The van der Waals surface area contributed by atoms with E-state index in [1.807, 2.05) is 149 Å². The van der Waals surface area contributed by atoms with Gasteiger partial charge in [0.1, 0.15) is 23.3 Å². The largest absolute Gasteiger partial charge is 0.477 e. The van der Waals surface area contributed by atoms with Gasteiger partial charge in [-0.15, -0.1) is 24.7 Å². The molecule has 2 aliphatic rings. The van der Waals surface area contributed by atoms with E-state index in [0.717, 1.165) is 57.1 Å². The van der Waals surface area contributed by atoms with Crippen LogP contribution in [-0.4, -0.2) is 19.9 Å². The van der Waals surface area contributed by atoms with Crippen LogP contribution in [0, 0.1) is 25.5 Å². The van der Waals surface area contributed by atoms with Crippen LogP contribution in [0.15, 0.2) is 146 Å². The van der Waals surface area contributed by atoms with Gasteiger partial charge in [-0.1, -0.05) is 48.5 Å². The summed E-state index contributed by atoms with van der Waals surface area (Å²) in [6.07, 6.45) is 3.41. The zero-order valence-corrected chi connectivity index (χ0v) is 27.3. The summed E-state index contributed by atoms with van der Waals surface area (Å²) in [6, 6.07) is 50.5. The van der Waals surface area contributed by atoms with E-state index >= 15 is 0 Å². The second-order valence-electron chi connectivity index (χ2n) is 10.4. The number of anilines is 8. The van der Waals surface area contributed by atoms with E-state index in [0.29, 0.717) is 0 Å². The van der Waals surface area contributed by atoms with Crippen molar-refractivity contribution in [2.75, 3.05) is 19.6 Å². The Morgan fingerprint density at radius 1 is 0.426 bits per heavy atom. The first-order valence-corrected chi connectivity index (χ1v) is 14.8. The number of benzene rings is 5. The number of hydrogen-bond donors (Lipinski definition) is 0. The van der Waals surface area contributed by atoms with Crippen molar-refractivity contribution in [1.82, 2.24) is 19.9 Å². The fraction of sp³-hybridized carbons (Fsp3) is 0. The van der Waals surface area contributed by atoms with E-state index in [9.17, 15) is 0 Å². The van der Waals surface area contributed by atoms with Gasteiger partial charge in [-0.25, -0.2) is 19.9 Å². The average Bonchev–Trinajstić information content (AvgIpc) is 3.71. The molecule has 47 heavy (non-hydrogen) atoms. The van der Waals surface area contributed by atoms with E-state index in [-0.39, 0.29) is 20.1 Å². The second kappa shape index (κ2) is 13.4. The molecule has 1 radical (unpaired) electrons. The van der Waals surface area contributed by atoms with Gasteiger partial charge in [-0.2, -0.15) is 60.7 Å². The number of fused-ring (bicyclic) bond motifs is 3. The molecular formula is C38H26IrN8-4. The number of hydrogen-bond acceptors (Lipinski definition) is 8. The van der Waals surface area contributed by atoms with Crippen LogP contribution in [0.2, 0.25) is 0 Å². The summed E-state index contributed by atoms with van der Waals surface area (Å²) < 4.78 is 0. The summed E-state index contributed by atoms with van der Waals surface area (Å²) in [5.74, 6) is 3.26. The van der Waals surface area contributed by atoms with Crippen molar-refractivity contribution in [3.05, 3.63) is 171 Å². The molecule has 7 aromatic rings. The molecule has 2 aromatic heterocycles. The van der Waals surface area contributed by atoms with Crippen molar-refractivity contribution in [3.63, 3.8) is 0 Å². The first-order chi connectivity index (χ1) is 22.8. The van der Waals surface area contributed by atoms with Gasteiger partial charge < -0.3 is 19.6 Å². The van der Waals surface area contributed by atoms with Gasteiger partial charge in [-0.05, 0) is 36.4 Å². The Bertz CT molecular complexity index is 1930. The Hall–Kier alpha value is -5.63. The van der Waals surface area contributed by atoms with E-state index in [4.69, 9.17) is 9.97 Å². The number of rotatable bonds is 4. The van der Waals surface area contributed by atoms with Gasteiger partial charge in [0.15, 0.2) is 0 Å². The third-order valence-electron chi connectivity index (χ3n) is 7.54. The molecule has 0 N–H and O–H groups in total. The minimum Gasteiger partial charge on any atom is -0.477 e. The quantitative estimate of drug-likeness (QED) is 0.165. The van der Waals surface area contributed by atoms with Gasteiger partial charge >= 0.3 is 0 Å². The minimum absolute atomic E-state index is 0.